The van der Waals surface area contributed by atoms with Gasteiger partial charge in [0, 0.05) is 25.9 Å². The highest BCUT2D eigenvalue weighted by Gasteiger charge is 2.55. The van der Waals surface area contributed by atoms with Crippen molar-refractivity contribution < 1.29 is 59.8 Å². The number of methoxy groups -OCH3 is 1. The van der Waals surface area contributed by atoms with Gasteiger partial charge in [-0.2, -0.15) is 0 Å². The summed E-state index contributed by atoms with van der Waals surface area (Å²) in [6, 6.07) is 0. The topological polar surface area (TPSA) is 202 Å². The second kappa shape index (κ2) is 10.9. The molecule has 2 aliphatic carbocycles. The van der Waals surface area contributed by atoms with Crippen molar-refractivity contribution in [3.63, 3.8) is 0 Å². The van der Waals surface area contributed by atoms with Crippen molar-refractivity contribution in [1.82, 2.24) is 0 Å². The minimum absolute atomic E-state index is 0.216. The van der Waals surface area contributed by atoms with Gasteiger partial charge in [-0.15, -0.1) is 0 Å². The van der Waals surface area contributed by atoms with Crippen molar-refractivity contribution in [3.05, 3.63) is 0 Å². The summed E-state index contributed by atoms with van der Waals surface area (Å²) < 4.78 is 21.9. The third-order valence-corrected chi connectivity index (χ3v) is 8.06. The maximum absolute atomic E-state index is 10.6. The first-order valence-corrected chi connectivity index (χ1v) is 12.1. The van der Waals surface area contributed by atoms with Crippen LogP contribution in [0.1, 0.15) is 32.1 Å². The lowest BCUT2D eigenvalue weighted by atomic mass is 9.72. The number of hydrogen-bond donors (Lipinski definition) is 8. The Labute approximate surface area is 197 Å². The molecule has 0 aromatic carbocycles. The Morgan fingerprint density at radius 3 is 2.21 bits per heavy atom. The van der Waals surface area contributed by atoms with E-state index in [9.17, 15) is 40.9 Å². The van der Waals surface area contributed by atoms with Crippen LogP contribution in [0.3, 0.4) is 0 Å². The molecule has 4 aliphatic rings. The molecule has 2 aliphatic heterocycles. The molecule has 34 heavy (non-hydrogen) atoms. The molecule has 0 aromatic heterocycles. The van der Waals surface area contributed by atoms with Gasteiger partial charge in [0.25, 0.3) is 0 Å². The molecule has 9 N–H and O–H groups in total. The minimum Gasteiger partial charge on any atom is -0.427 e. The molecular formula is C22H39O12+. The van der Waals surface area contributed by atoms with Crippen LogP contribution in [0.2, 0.25) is 0 Å². The molecule has 4 rings (SSSR count). The summed E-state index contributed by atoms with van der Waals surface area (Å²) in [7, 11) is 1.45. The van der Waals surface area contributed by atoms with Gasteiger partial charge in [0.1, 0.15) is 36.6 Å². The highest BCUT2D eigenvalue weighted by atomic mass is 16.7. The third-order valence-electron chi connectivity index (χ3n) is 8.06. The molecule has 12 nitrogen and oxygen atoms in total. The van der Waals surface area contributed by atoms with Crippen LogP contribution in [0.25, 0.3) is 0 Å². The Morgan fingerprint density at radius 2 is 1.53 bits per heavy atom. The summed E-state index contributed by atoms with van der Waals surface area (Å²) >= 11 is 0. The maximum Gasteiger partial charge on any atom is 0.187 e. The van der Waals surface area contributed by atoms with Crippen molar-refractivity contribution in [2.75, 3.05) is 13.7 Å². The van der Waals surface area contributed by atoms with E-state index in [1.54, 1.807) is 0 Å². The van der Waals surface area contributed by atoms with E-state index in [0.29, 0.717) is 19.3 Å². The molecule has 2 heterocycles. The van der Waals surface area contributed by atoms with Gasteiger partial charge in [-0.05, 0) is 19.3 Å². The third kappa shape index (κ3) is 5.15. The summed E-state index contributed by atoms with van der Waals surface area (Å²) in [5, 5.41) is 81.7. The van der Waals surface area contributed by atoms with E-state index < -0.39 is 80.0 Å². The summed E-state index contributed by atoms with van der Waals surface area (Å²) in [6.07, 6.45) is -11.4. The van der Waals surface area contributed by atoms with Gasteiger partial charge in [-0.3, -0.25) is 0 Å². The average Bonchev–Trinajstić information content (AvgIpc) is 2.81. The molecule has 0 bridgehead atoms. The highest BCUT2D eigenvalue weighted by Crippen LogP contribution is 2.42. The Balaban J connectivity index is 1.57. The number of ether oxygens (including phenoxy) is 4. The lowest BCUT2D eigenvalue weighted by Gasteiger charge is -2.49. The highest BCUT2D eigenvalue weighted by molar-refractivity contribution is 4.99. The molecule has 15 atom stereocenters. The van der Waals surface area contributed by atoms with E-state index in [2.05, 4.69) is 0 Å². The van der Waals surface area contributed by atoms with Gasteiger partial charge in [-0.1, -0.05) is 0 Å². The normalized spacial score (nSPS) is 54.4. The van der Waals surface area contributed by atoms with E-state index in [1.165, 1.54) is 7.11 Å². The average molecular weight is 496 g/mol. The zero-order valence-electron chi connectivity index (χ0n) is 19.2. The predicted octanol–water partition coefficient (Wildman–Crippen LogP) is -3.88. The summed E-state index contributed by atoms with van der Waals surface area (Å²) in [5.74, 6) is -0.567. The second-order valence-electron chi connectivity index (χ2n) is 10.2. The van der Waals surface area contributed by atoms with Crippen molar-refractivity contribution in [2.24, 2.45) is 11.8 Å². The lowest BCUT2D eigenvalue weighted by Crippen LogP contribution is -2.63. The SMILES string of the molecule is COC1CC(C2[OH+]C3CC(O)CC(O)C3CC2O[C@H]2O[C@@H](CO)[C@H](O)[C@H](O)[C@@H]2O)CC(O)C1O. The fourth-order valence-corrected chi connectivity index (χ4v) is 6.13. The summed E-state index contributed by atoms with van der Waals surface area (Å²) in [6.45, 7) is -0.590. The number of hydrogen-bond acceptors (Lipinski definition) is 11. The second-order valence-corrected chi connectivity index (χ2v) is 10.2. The van der Waals surface area contributed by atoms with Crippen LogP contribution in [-0.2, 0) is 14.2 Å². The smallest absolute Gasteiger partial charge is 0.187 e. The van der Waals surface area contributed by atoms with Gasteiger partial charge < -0.3 is 59.8 Å². The Kier molecular flexibility index (Phi) is 8.50. The fourth-order valence-electron chi connectivity index (χ4n) is 6.13. The predicted molar refractivity (Wildman–Crippen MR) is 113 cm³/mol. The van der Waals surface area contributed by atoms with Gasteiger partial charge in [-0.25, -0.2) is 0 Å². The van der Waals surface area contributed by atoms with Crippen LogP contribution in [0, 0.1) is 11.8 Å². The van der Waals surface area contributed by atoms with Crippen LogP contribution in [0.15, 0.2) is 0 Å². The monoisotopic (exact) mass is 495 g/mol. The number of aliphatic hydroxyl groups excluding tert-OH is 8. The van der Waals surface area contributed by atoms with Gasteiger partial charge in [0.05, 0.1) is 36.9 Å². The molecule has 4 fully saturated rings. The molecule has 0 radical (unpaired) electrons. The summed E-state index contributed by atoms with van der Waals surface area (Å²) in [5.41, 5.74) is 0. The van der Waals surface area contributed by atoms with Crippen molar-refractivity contribution in [2.45, 2.75) is 112 Å². The standard InChI is InChI=1S/C22H38O12/c1-31-14-3-8(2-12(26)17(14)27)21-15(6-10-11(25)4-9(24)5-13(10)32-21)33-22-20(30)19(29)18(28)16(7-23)34-22/h8-30H,2-7H2,1H3/p+1/t8?,9?,10?,11?,12?,13?,14?,15?,16-,17?,18-,19-,20-,21?,22-/m0/s1. The molecule has 12 heteroatoms. The quantitative estimate of drug-likeness (QED) is 0.173. The number of fused-ring (bicyclic) bond motifs is 1. The van der Waals surface area contributed by atoms with Crippen LogP contribution < -0.4 is 0 Å². The number of rotatable bonds is 5. The molecule has 0 aromatic rings. The molecule has 10 unspecified atom stereocenters. The van der Waals surface area contributed by atoms with Gasteiger partial charge >= 0.3 is 0 Å². The van der Waals surface area contributed by atoms with Crippen molar-refractivity contribution in [3.8, 4) is 0 Å². The van der Waals surface area contributed by atoms with E-state index >= 15 is 0 Å². The number of aliphatic hydroxyl groups is 10. The molecule has 0 amide bonds. The van der Waals surface area contributed by atoms with Gasteiger partial charge in [0.2, 0.25) is 0 Å². The largest absolute Gasteiger partial charge is 0.427 e. The first-order chi connectivity index (χ1) is 16.1. The molecular weight excluding hydrogens is 456 g/mol. The Morgan fingerprint density at radius 1 is 0.794 bits per heavy atom. The van der Waals surface area contributed by atoms with Crippen LogP contribution in [0.5, 0.6) is 0 Å². The lowest BCUT2D eigenvalue weighted by molar-refractivity contribution is -0.357. The van der Waals surface area contributed by atoms with E-state index in [-0.39, 0.29) is 30.8 Å². The molecule has 0 spiro atoms. The fraction of sp³-hybridized carbons (Fsp3) is 1.00. The van der Waals surface area contributed by atoms with E-state index in [0.717, 1.165) is 0 Å². The molecule has 2 saturated heterocycles. The molecule has 2 saturated carbocycles. The maximum atomic E-state index is 10.6. The van der Waals surface area contributed by atoms with Crippen molar-refractivity contribution in [1.29, 1.82) is 0 Å². The van der Waals surface area contributed by atoms with Crippen LogP contribution >= 0.6 is 0 Å². The van der Waals surface area contributed by atoms with Crippen LogP contribution in [-0.4, -0.2) is 139 Å². The summed E-state index contributed by atoms with van der Waals surface area (Å²) in [4.78, 5) is 0. The van der Waals surface area contributed by atoms with E-state index in [4.69, 9.17) is 18.9 Å². The zero-order valence-corrected chi connectivity index (χ0v) is 19.2. The first-order valence-electron chi connectivity index (χ1n) is 12.1. The van der Waals surface area contributed by atoms with E-state index in [1.807, 2.05) is 0 Å². The van der Waals surface area contributed by atoms with Gasteiger partial charge in [0.15, 0.2) is 18.5 Å². The minimum atomic E-state index is -1.59. The van der Waals surface area contributed by atoms with Crippen molar-refractivity contribution >= 4 is 0 Å². The Hall–Kier alpha value is -0.480. The first kappa shape index (κ1) is 26.6. The zero-order chi connectivity index (χ0) is 24.7. The van der Waals surface area contributed by atoms with Crippen LogP contribution in [0.4, 0.5) is 0 Å². The Bertz CT molecular complexity index is 666. The molecule has 198 valence electrons.